The predicted octanol–water partition coefficient (Wildman–Crippen LogP) is 3.44. The third-order valence-corrected chi connectivity index (χ3v) is 5.50. The second-order valence-electron chi connectivity index (χ2n) is 6.81. The van der Waals surface area contributed by atoms with E-state index in [1.54, 1.807) is 56.3 Å². The summed E-state index contributed by atoms with van der Waals surface area (Å²) in [7, 11) is -2.19. The summed E-state index contributed by atoms with van der Waals surface area (Å²) >= 11 is 0. The Hall–Kier alpha value is -3.50. The number of nitrogens with zero attached hydrogens (tertiary/aromatic N) is 2. The van der Waals surface area contributed by atoms with Crippen LogP contribution in [0.4, 0.5) is 23.0 Å². The molecule has 1 heterocycles. The number of hydrogen-bond donors (Lipinski definition) is 3. The molecule has 0 amide bonds. The van der Waals surface area contributed by atoms with Gasteiger partial charge in [-0.1, -0.05) is 6.07 Å². The summed E-state index contributed by atoms with van der Waals surface area (Å²) in [5, 5.41) is 6.20. The van der Waals surface area contributed by atoms with E-state index in [1.807, 2.05) is 0 Å². The van der Waals surface area contributed by atoms with Gasteiger partial charge in [0.05, 0.1) is 16.6 Å². The number of hydrogen-bond acceptors (Lipinski definition) is 8. The fourth-order valence-electron chi connectivity index (χ4n) is 2.62. The molecule has 0 unspecified atom stereocenters. The topological polar surface area (TPSA) is 122 Å². The van der Waals surface area contributed by atoms with Crippen LogP contribution in [0.2, 0.25) is 0 Å². The first-order valence-electron chi connectivity index (χ1n) is 9.47. The van der Waals surface area contributed by atoms with Gasteiger partial charge in [-0.15, -0.1) is 0 Å². The first-order chi connectivity index (χ1) is 14.8. The molecule has 1 aromatic heterocycles. The highest BCUT2D eigenvalue weighted by atomic mass is 32.2. The number of anilines is 4. The number of ether oxygens (including phenoxy) is 1. The van der Waals surface area contributed by atoms with Gasteiger partial charge in [-0.3, -0.25) is 0 Å². The zero-order chi connectivity index (χ0) is 22.4. The van der Waals surface area contributed by atoms with Gasteiger partial charge in [0.15, 0.2) is 0 Å². The second kappa shape index (κ2) is 9.54. The van der Waals surface area contributed by atoms with Crippen molar-refractivity contribution >= 4 is 39.0 Å². The molecule has 10 heteroatoms. The van der Waals surface area contributed by atoms with Crippen molar-refractivity contribution in [2.75, 3.05) is 17.7 Å². The molecule has 9 nitrogen and oxygen atoms in total. The molecule has 0 spiro atoms. The molecule has 0 saturated carbocycles. The van der Waals surface area contributed by atoms with E-state index in [-0.39, 0.29) is 17.0 Å². The predicted molar refractivity (Wildman–Crippen MR) is 118 cm³/mol. The molecule has 3 rings (SSSR count). The molecule has 3 N–H and O–H groups in total. The number of carbonyl (C=O) groups excluding carboxylic acids is 1. The summed E-state index contributed by atoms with van der Waals surface area (Å²) in [6.45, 7) is 3.59. The number of nitrogens with one attached hydrogen (secondary N) is 3. The molecule has 0 aliphatic heterocycles. The summed E-state index contributed by atoms with van der Waals surface area (Å²) < 4.78 is 31.4. The molecule has 0 bridgehead atoms. The van der Waals surface area contributed by atoms with Crippen LogP contribution >= 0.6 is 0 Å². The summed E-state index contributed by atoms with van der Waals surface area (Å²) in [5.74, 6) is 0.625. The first-order valence-corrected chi connectivity index (χ1v) is 11.0. The van der Waals surface area contributed by atoms with Crippen molar-refractivity contribution in [3.05, 3.63) is 66.5 Å². The van der Waals surface area contributed by atoms with Gasteiger partial charge in [-0.25, -0.2) is 27.9 Å². The smallest absolute Gasteiger partial charge is 0.338 e. The number of sulfonamides is 1. The van der Waals surface area contributed by atoms with Crippen molar-refractivity contribution in [3.63, 3.8) is 0 Å². The highest BCUT2D eigenvalue weighted by Gasteiger charge is 2.12. The Bertz CT molecular complexity index is 1160. The van der Waals surface area contributed by atoms with Crippen LogP contribution in [-0.4, -0.2) is 37.5 Å². The first kappa shape index (κ1) is 22.2. The Morgan fingerprint density at radius 3 is 2.19 bits per heavy atom. The number of carbonyl (C=O) groups is 1. The van der Waals surface area contributed by atoms with Crippen LogP contribution in [0, 0.1) is 0 Å². The van der Waals surface area contributed by atoms with E-state index in [1.165, 1.54) is 25.5 Å². The normalized spacial score (nSPS) is 11.2. The standard InChI is InChI=1S/C21H23N5O4S/c1-14(2)30-21(27)15-7-9-16(10-8-15)25-19-12-20(24-13-23-19)26-17-5-4-6-18(11-17)31(28,29)22-3/h4-14,22H,1-3H3,(H2,23,24,25,26). The number of aromatic nitrogens is 2. The van der Waals surface area contributed by atoms with Crippen LogP contribution < -0.4 is 15.4 Å². The largest absolute Gasteiger partial charge is 0.459 e. The SMILES string of the molecule is CNS(=O)(=O)c1cccc(Nc2cc(Nc3ccc(C(=O)OC(C)C)cc3)ncn2)c1. The fourth-order valence-corrected chi connectivity index (χ4v) is 3.40. The average molecular weight is 442 g/mol. The molecule has 0 saturated heterocycles. The molecule has 2 aromatic carbocycles. The van der Waals surface area contributed by atoms with E-state index in [2.05, 4.69) is 25.3 Å². The molecule has 0 atom stereocenters. The lowest BCUT2D eigenvalue weighted by Crippen LogP contribution is -2.18. The third-order valence-electron chi connectivity index (χ3n) is 4.09. The molecule has 3 aromatic rings. The van der Waals surface area contributed by atoms with E-state index in [4.69, 9.17) is 4.74 Å². The maximum Gasteiger partial charge on any atom is 0.338 e. The Morgan fingerprint density at radius 2 is 1.58 bits per heavy atom. The van der Waals surface area contributed by atoms with Gasteiger partial charge in [0.1, 0.15) is 18.0 Å². The van der Waals surface area contributed by atoms with Crippen molar-refractivity contribution in [1.82, 2.24) is 14.7 Å². The van der Waals surface area contributed by atoms with Gasteiger partial charge < -0.3 is 15.4 Å². The Morgan fingerprint density at radius 1 is 0.935 bits per heavy atom. The molecule has 0 aliphatic carbocycles. The van der Waals surface area contributed by atoms with Crippen molar-refractivity contribution in [2.24, 2.45) is 0 Å². The second-order valence-corrected chi connectivity index (χ2v) is 8.69. The lowest BCUT2D eigenvalue weighted by molar-refractivity contribution is 0.0378. The van der Waals surface area contributed by atoms with Crippen LogP contribution in [0.15, 0.2) is 65.8 Å². The zero-order valence-electron chi connectivity index (χ0n) is 17.3. The van der Waals surface area contributed by atoms with E-state index < -0.39 is 10.0 Å². The summed E-state index contributed by atoms with van der Waals surface area (Å²) in [5.41, 5.74) is 1.75. The lowest BCUT2D eigenvalue weighted by Gasteiger charge is -2.11. The Kier molecular flexibility index (Phi) is 6.83. The van der Waals surface area contributed by atoms with E-state index >= 15 is 0 Å². The number of esters is 1. The molecular weight excluding hydrogens is 418 g/mol. The van der Waals surface area contributed by atoms with Crippen LogP contribution in [-0.2, 0) is 14.8 Å². The number of benzene rings is 2. The summed E-state index contributed by atoms with van der Waals surface area (Å²) in [6.07, 6.45) is 1.20. The Balaban J connectivity index is 1.71. The van der Waals surface area contributed by atoms with E-state index in [9.17, 15) is 13.2 Å². The minimum atomic E-state index is -3.55. The minimum absolute atomic E-state index is 0.142. The van der Waals surface area contributed by atoms with Gasteiger partial charge in [-0.2, -0.15) is 0 Å². The summed E-state index contributed by atoms with van der Waals surface area (Å²) in [6, 6.07) is 14.9. The lowest BCUT2D eigenvalue weighted by atomic mass is 10.2. The maximum absolute atomic E-state index is 12.0. The molecule has 0 fully saturated rings. The van der Waals surface area contributed by atoms with Gasteiger partial charge >= 0.3 is 5.97 Å². The van der Waals surface area contributed by atoms with Gasteiger partial charge in [0.2, 0.25) is 10.0 Å². The van der Waals surface area contributed by atoms with E-state index in [0.717, 1.165) is 5.69 Å². The minimum Gasteiger partial charge on any atom is -0.459 e. The van der Waals surface area contributed by atoms with Crippen molar-refractivity contribution in [3.8, 4) is 0 Å². The molecular formula is C21H23N5O4S. The van der Waals surface area contributed by atoms with Gasteiger partial charge in [0, 0.05) is 17.4 Å². The quantitative estimate of drug-likeness (QED) is 0.455. The van der Waals surface area contributed by atoms with Crippen LogP contribution in [0.1, 0.15) is 24.2 Å². The van der Waals surface area contributed by atoms with Crippen LogP contribution in [0.25, 0.3) is 0 Å². The molecule has 0 radical (unpaired) electrons. The monoisotopic (exact) mass is 441 g/mol. The van der Waals surface area contributed by atoms with Crippen LogP contribution in [0.5, 0.6) is 0 Å². The van der Waals surface area contributed by atoms with Crippen molar-refractivity contribution in [1.29, 1.82) is 0 Å². The van der Waals surface area contributed by atoms with E-state index in [0.29, 0.717) is 22.9 Å². The Labute approximate surface area is 180 Å². The highest BCUT2D eigenvalue weighted by Crippen LogP contribution is 2.22. The fraction of sp³-hybridized carbons (Fsp3) is 0.190. The molecule has 31 heavy (non-hydrogen) atoms. The molecule has 0 aliphatic rings. The summed E-state index contributed by atoms with van der Waals surface area (Å²) in [4.78, 5) is 20.4. The maximum atomic E-state index is 12.0. The van der Waals surface area contributed by atoms with Gasteiger partial charge in [0.25, 0.3) is 0 Å². The number of rotatable bonds is 8. The molecule has 162 valence electrons. The van der Waals surface area contributed by atoms with Crippen LogP contribution in [0.3, 0.4) is 0 Å². The zero-order valence-corrected chi connectivity index (χ0v) is 18.1. The van der Waals surface area contributed by atoms with Gasteiger partial charge in [-0.05, 0) is 63.4 Å². The highest BCUT2D eigenvalue weighted by molar-refractivity contribution is 7.89. The van der Waals surface area contributed by atoms with Crippen molar-refractivity contribution in [2.45, 2.75) is 24.8 Å². The van der Waals surface area contributed by atoms with Crippen molar-refractivity contribution < 1.29 is 17.9 Å². The third kappa shape index (κ3) is 6.00. The average Bonchev–Trinajstić information content (AvgIpc) is 2.74.